The van der Waals surface area contributed by atoms with Gasteiger partial charge in [0, 0.05) is 23.0 Å². The summed E-state index contributed by atoms with van der Waals surface area (Å²) < 4.78 is 16.4. The molecule has 1 N–H and O–H groups in total. The van der Waals surface area contributed by atoms with Crippen molar-refractivity contribution in [3.05, 3.63) is 36.0 Å². The summed E-state index contributed by atoms with van der Waals surface area (Å²) in [4.78, 5) is 25.0. The van der Waals surface area contributed by atoms with Crippen molar-refractivity contribution in [2.45, 2.75) is 70.9 Å². The lowest BCUT2D eigenvalue weighted by Crippen LogP contribution is -2.65. The highest BCUT2D eigenvalue weighted by atomic mass is 16.6. The molecule has 6 heteroatoms. The van der Waals surface area contributed by atoms with Gasteiger partial charge in [0.15, 0.2) is 5.60 Å². The lowest BCUT2D eigenvalue weighted by atomic mass is 9.46. The van der Waals surface area contributed by atoms with E-state index < -0.39 is 29.1 Å². The smallest absolute Gasteiger partial charge is 0.343 e. The number of esters is 2. The minimum Gasteiger partial charge on any atom is -0.459 e. The van der Waals surface area contributed by atoms with Gasteiger partial charge in [-0.15, -0.1) is 0 Å². The molecule has 2 heterocycles. The number of cyclic esters (lactones) is 1. The first-order valence-electron chi connectivity index (χ1n) is 10.4. The van der Waals surface area contributed by atoms with Crippen LogP contribution in [-0.2, 0) is 23.8 Å². The van der Waals surface area contributed by atoms with Crippen LogP contribution in [0.15, 0.2) is 36.0 Å². The molecule has 2 aliphatic carbocycles. The third kappa shape index (κ3) is 3.17. The molecule has 158 valence electrons. The molecule has 3 fully saturated rings. The molecule has 0 aromatic carbocycles. The largest absolute Gasteiger partial charge is 0.459 e. The van der Waals surface area contributed by atoms with Crippen molar-refractivity contribution >= 4 is 11.9 Å². The fourth-order valence-corrected chi connectivity index (χ4v) is 5.83. The summed E-state index contributed by atoms with van der Waals surface area (Å²) in [5.74, 6) is -1.22. The van der Waals surface area contributed by atoms with E-state index in [1.807, 2.05) is 19.9 Å². The molecule has 1 saturated carbocycles. The molecule has 29 heavy (non-hydrogen) atoms. The van der Waals surface area contributed by atoms with E-state index in [1.165, 1.54) is 6.08 Å². The van der Waals surface area contributed by atoms with E-state index in [9.17, 15) is 14.7 Å². The lowest BCUT2D eigenvalue weighted by Gasteiger charge is -2.59. The molecule has 0 amide bonds. The van der Waals surface area contributed by atoms with Gasteiger partial charge < -0.3 is 19.3 Å². The van der Waals surface area contributed by atoms with Crippen molar-refractivity contribution in [3.63, 3.8) is 0 Å². The number of hydrogen-bond acceptors (Lipinski definition) is 6. The summed E-state index contributed by atoms with van der Waals surface area (Å²) in [5.41, 5.74) is -2.08. The Morgan fingerprint density at radius 1 is 1.28 bits per heavy atom. The zero-order chi connectivity index (χ0) is 21.0. The van der Waals surface area contributed by atoms with E-state index >= 15 is 0 Å². The minimum absolute atomic E-state index is 0.0459. The van der Waals surface area contributed by atoms with Crippen LogP contribution in [0.4, 0.5) is 0 Å². The predicted octanol–water partition coefficient (Wildman–Crippen LogP) is 2.86. The summed E-state index contributed by atoms with van der Waals surface area (Å²) in [7, 11) is 0. The van der Waals surface area contributed by atoms with Crippen molar-refractivity contribution in [2.24, 2.45) is 16.7 Å². The van der Waals surface area contributed by atoms with Crippen LogP contribution in [0.3, 0.4) is 0 Å². The molecule has 0 bridgehead atoms. The molecule has 0 radical (unpaired) electrons. The van der Waals surface area contributed by atoms with Crippen LogP contribution in [0.5, 0.6) is 0 Å². The van der Waals surface area contributed by atoms with Gasteiger partial charge in [0.1, 0.15) is 18.8 Å². The first kappa shape index (κ1) is 20.4. The molecule has 2 aliphatic heterocycles. The second kappa shape index (κ2) is 6.81. The van der Waals surface area contributed by atoms with Crippen LogP contribution in [0, 0.1) is 16.7 Å². The number of hydrogen-bond donors (Lipinski definition) is 1. The molecule has 6 atom stereocenters. The maximum atomic E-state index is 12.5. The Labute approximate surface area is 171 Å². The molecule has 2 saturated heterocycles. The molecule has 0 aromatic heterocycles. The van der Waals surface area contributed by atoms with Crippen molar-refractivity contribution in [3.8, 4) is 0 Å². The fraction of sp³-hybridized carbons (Fsp3) is 0.652. The van der Waals surface area contributed by atoms with Crippen LogP contribution in [0.2, 0.25) is 0 Å². The fourth-order valence-electron chi connectivity index (χ4n) is 5.83. The van der Waals surface area contributed by atoms with Gasteiger partial charge in [-0.05, 0) is 31.3 Å². The number of fused-ring (bicyclic) bond motifs is 3. The Morgan fingerprint density at radius 3 is 2.69 bits per heavy atom. The Kier molecular flexibility index (Phi) is 4.78. The number of epoxide rings is 1. The van der Waals surface area contributed by atoms with Crippen molar-refractivity contribution < 1.29 is 28.9 Å². The van der Waals surface area contributed by atoms with Gasteiger partial charge in [0.2, 0.25) is 0 Å². The summed E-state index contributed by atoms with van der Waals surface area (Å²) in [6.45, 7) is 8.21. The highest BCUT2D eigenvalue weighted by Crippen LogP contribution is 2.63. The topological polar surface area (TPSA) is 85.4 Å². The molecule has 4 aliphatic rings. The summed E-state index contributed by atoms with van der Waals surface area (Å²) in [5, 5.41) is 11.5. The summed E-state index contributed by atoms with van der Waals surface area (Å²) >= 11 is 0. The third-order valence-corrected chi connectivity index (χ3v) is 7.34. The Hall–Kier alpha value is -1.92. The molecule has 6 nitrogen and oxygen atoms in total. The second-order valence-electron chi connectivity index (χ2n) is 9.67. The molecular weight excluding hydrogens is 372 g/mol. The van der Waals surface area contributed by atoms with Gasteiger partial charge >= 0.3 is 11.9 Å². The monoisotopic (exact) mass is 402 g/mol. The third-order valence-electron chi connectivity index (χ3n) is 7.34. The van der Waals surface area contributed by atoms with Crippen molar-refractivity contribution in [2.75, 3.05) is 6.61 Å². The first-order valence-corrected chi connectivity index (χ1v) is 10.4. The minimum atomic E-state index is -1.64. The number of carbonyl (C=O) groups is 2. The number of ether oxygens (including phenoxy) is 3. The SMILES string of the molecule is C[C@@H]1O[C@H]1/C=C/C=C/C(=O)O[C@@H]1C=C2COC(=O)[C@]2(O)[C@@]2(C)CCCC(C)(C)[C@H]12. The molecule has 0 unspecified atom stereocenters. The number of rotatable bonds is 4. The molecule has 0 spiro atoms. The molecule has 0 aromatic rings. The maximum absolute atomic E-state index is 12.5. The van der Waals surface area contributed by atoms with Crippen LogP contribution in [-0.4, -0.2) is 47.6 Å². The van der Waals surface area contributed by atoms with Gasteiger partial charge in [-0.3, -0.25) is 0 Å². The van der Waals surface area contributed by atoms with E-state index in [4.69, 9.17) is 14.2 Å². The summed E-state index contributed by atoms with van der Waals surface area (Å²) in [6, 6.07) is 0. The maximum Gasteiger partial charge on any atom is 0.343 e. The number of carbonyl (C=O) groups excluding carboxylic acids is 2. The van der Waals surface area contributed by atoms with E-state index in [-0.39, 0.29) is 30.1 Å². The standard InChI is InChI=1S/C23H30O6/c1-14-16(28-14)8-5-6-9-18(24)29-17-12-15-13-27-20(25)23(15,26)22(4)11-7-10-21(2,3)19(17)22/h5-6,8-9,12,14,16-17,19,26H,7,10-11,13H2,1-4H3/b8-5+,9-6+/t14-,16-,17+,19-,22-,23-/m0/s1. The Bertz CT molecular complexity index is 808. The van der Waals surface area contributed by atoms with Crippen LogP contribution < -0.4 is 0 Å². The summed E-state index contributed by atoms with van der Waals surface area (Å²) in [6.07, 6.45) is 10.8. The van der Waals surface area contributed by atoms with E-state index in [0.717, 1.165) is 12.8 Å². The quantitative estimate of drug-likeness (QED) is 0.256. The van der Waals surface area contributed by atoms with E-state index in [0.29, 0.717) is 12.0 Å². The van der Waals surface area contributed by atoms with Crippen LogP contribution in [0.1, 0.15) is 47.0 Å². The molecule has 4 rings (SSSR count). The van der Waals surface area contributed by atoms with Gasteiger partial charge in [0.05, 0.1) is 6.10 Å². The van der Waals surface area contributed by atoms with Gasteiger partial charge in [-0.25, -0.2) is 9.59 Å². The number of aliphatic hydroxyl groups is 1. The first-order chi connectivity index (χ1) is 13.6. The van der Waals surface area contributed by atoms with Crippen molar-refractivity contribution in [1.82, 2.24) is 0 Å². The average molecular weight is 402 g/mol. The predicted molar refractivity (Wildman–Crippen MR) is 106 cm³/mol. The number of allylic oxidation sites excluding steroid dienone is 2. The van der Waals surface area contributed by atoms with Crippen LogP contribution in [0.25, 0.3) is 0 Å². The molecular formula is C23H30O6. The lowest BCUT2D eigenvalue weighted by molar-refractivity contribution is -0.194. The Balaban J connectivity index is 1.59. The van der Waals surface area contributed by atoms with Crippen molar-refractivity contribution in [1.29, 1.82) is 0 Å². The second-order valence-corrected chi connectivity index (χ2v) is 9.67. The zero-order valence-corrected chi connectivity index (χ0v) is 17.5. The van der Waals surface area contributed by atoms with Gasteiger partial charge in [0.25, 0.3) is 0 Å². The van der Waals surface area contributed by atoms with E-state index in [2.05, 4.69) is 13.8 Å². The highest BCUT2D eigenvalue weighted by Gasteiger charge is 2.69. The van der Waals surface area contributed by atoms with E-state index in [1.54, 1.807) is 18.2 Å². The van der Waals surface area contributed by atoms with Gasteiger partial charge in [-0.2, -0.15) is 0 Å². The van der Waals surface area contributed by atoms with Gasteiger partial charge in [-0.1, -0.05) is 45.4 Å². The average Bonchev–Trinajstić information content (AvgIpc) is 3.25. The highest BCUT2D eigenvalue weighted by molar-refractivity contribution is 5.88. The Morgan fingerprint density at radius 2 is 2.00 bits per heavy atom. The zero-order valence-electron chi connectivity index (χ0n) is 17.5. The normalized spacial score (nSPS) is 42.9. The van der Waals surface area contributed by atoms with Crippen LogP contribution >= 0.6 is 0 Å².